The first kappa shape index (κ1) is 28.5. The van der Waals surface area contributed by atoms with Crippen LogP contribution in [0.1, 0.15) is 11.1 Å². The molecule has 0 saturated carbocycles. The van der Waals surface area contributed by atoms with Gasteiger partial charge >= 0.3 is 5.97 Å². The van der Waals surface area contributed by atoms with Gasteiger partial charge in [0.2, 0.25) is 6.29 Å². The maximum atomic E-state index is 11.8. The van der Waals surface area contributed by atoms with Crippen LogP contribution in [0.4, 0.5) is 0 Å². The van der Waals surface area contributed by atoms with Gasteiger partial charge in [-0.2, -0.15) is 0 Å². The Bertz CT molecular complexity index is 2330. The van der Waals surface area contributed by atoms with Gasteiger partial charge in [0.15, 0.2) is 0 Å². The van der Waals surface area contributed by atoms with Gasteiger partial charge in [0.25, 0.3) is 0 Å². The topological polar surface area (TPSA) is 55.8 Å². The largest absolute Gasteiger partial charge is 0.461 e. The number of hydrogen-bond donors (Lipinski definition) is 1. The zero-order valence-electron chi connectivity index (χ0n) is 25.0. The quantitative estimate of drug-likeness (QED) is 0.0645. The van der Waals surface area contributed by atoms with Gasteiger partial charge < -0.3 is 14.6 Å². The Morgan fingerprint density at radius 2 is 1.18 bits per heavy atom. The van der Waals surface area contributed by atoms with Crippen LogP contribution in [0.15, 0.2) is 122 Å². The first-order chi connectivity index (χ1) is 21.9. The number of carbonyl (C=O) groups excluding carboxylic acids is 1. The van der Waals surface area contributed by atoms with Gasteiger partial charge in [-0.25, -0.2) is 4.79 Å². The van der Waals surface area contributed by atoms with E-state index in [1.165, 1.54) is 53.9 Å². The molecular weight excluding hydrogens is 577 g/mol. The van der Waals surface area contributed by atoms with Crippen LogP contribution in [0.3, 0.4) is 0 Å². The van der Waals surface area contributed by atoms with Gasteiger partial charge in [0.05, 0.1) is 0 Å². The molecule has 6 aromatic carbocycles. The highest BCUT2D eigenvalue weighted by atomic mass is 32.1. The lowest BCUT2D eigenvalue weighted by Crippen LogP contribution is -2.11. The molecule has 1 atom stereocenters. The Morgan fingerprint density at radius 3 is 1.67 bits per heavy atom. The molecule has 4 nitrogen and oxygen atoms in total. The second kappa shape index (κ2) is 11.4. The van der Waals surface area contributed by atoms with Crippen molar-refractivity contribution in [3.05, 3.63) is 133 Å². The molecule has 0 aliphatic heterocycles. The minimum Gasteiger partial charge on any atom is -0.461 e. The van der Waals surface area contributed by atoms with Crippen molar-refractivity contribution in [2.24, 2.45) is 0 Å². The highest BCUT2D eigenvalue weighted by molar-refractivity contribution is 7.26. The molecule has 0 aliphatic carbocycles. The predicted molar refractivity (Wildman–Crippen MR) is 187 cm³/mol. The third kappa shape index (κ3) is 4.96. The summed E-state index contributed by atoms with van der Waals surface area (Å²) in [6.45, 7) is 11.2. The number of aryl methyl sites for hydroxylation is 2. The standard InChI is InChI=1S/C40H30O4S/c1-5-37(41)43-25-15-17-27(23(3)19-25)33-21-35-39(31-13-9-7-11-29(31)33)40-32-14-10-8-12-30(32)34(22-36(40)45-35)28-18-16-26(20-24(28)4)44-38(42)6-2/h5-22,37,41H,1-2H2,3-4H3. The summed E-state index contributed by atoms with van der Waals surface area (Å²) in [4.78, 5) is 11.8. The van der Waals surface area contributed by atoms with E-state index in [1.807, 2.05) is 37.3 Å². The van der Waals surface area contributed by atoms with Crippen molar-refractivity contribution in [1.82, 2.24) is 0 Å². The average Bonchev–Trinajstić information content (AvgIpc) is 3.43. The average molecular weight is 607 g/mol. The second-order valence-corrected chi connectivity index (χ2v) is 12.2. The summed E-state index contributed by atoms with van der Waals surface area (Å²) in [5.74, 6) is 0.619. The molecule has 1 unspecified atom stereocenters. The molecule has 1 aromatic heterocycles. The van der Waals surface area contributed by atoms with Gasteiger partial charge in [-0.3, -0.25) is 0 Å². The Hall–Kier alpha value is -5.23. The molecule has 0 fully saturated rings. The van der Waals surface area contributed by atoms with Crippen LogP contribution in [0.2, 0.25) is 0 Å². The van der Waals surface area contributed by atoms with Crippen LogP contribution in [0.25, 0.3) is 64.0 Å². The third-order valence-electron chi connectivity index (χ3n) is 8.31. The van der Waals surface area contributed by atoms with Crippen molar-refractivity contribution in [3.8, 4) is 33.8 Å². The van der Waals surface area contributed by atoms with E-state index in [2.05, 4.69) is 86.8 Å². The number of rotatable bonds is 7. The van der Waals surface area contributed by atoms with Gasteiger partial charge in [0.1, 0.15) is 11.5 Å². The molecule has 5 heteroatoms. The highest BCUT2D eigenvalue weighted by Crippen LogP contribution is 2.48. The lowest BCUT2D eigenvalue weighted by atomic mass is 9.90. The summed E-state index contributed by atoms with van der Waals surface area (Å²) in [7, 11) is 0. The number of aliphatic hydroxyl groups excluding tert-OH is 1. The molecule has 0 aliphatic rings. The Labute approximate surface area is 265 Å². The molecule has 1 heterocycles. The summed E-state index contributed by atoms with van der Waals surface area (Å²) in [5.41, 5.74) is 6.58. The van der Waals surface area contributed by atoms with Gasteiger partial charge in [-0.05, 0) is 111 Å². The minimum absolute atomic E-state index is 0.475. The molecule has 45 heavy (non-hydrogen) atoms. The number of benzene rings is 6. The molecule has 0 amide bonds. The van der Waals surface area contributed by atoms with Crippen molar-refractivity contribution in [1.29, 1.82) is 0 Å². The van der Waals surface area contributed by atoms with E-state index in [0.717, 1.165) is 33.4 Å². The fraction of sp³-hybridized carbons (Fsp3) is 0.0750. The number of aliphatic hydroxyl groups is 1. The van der Waals surface area contributed by atoms with Gasteiger partial charge in [-0.15, -0.1) is 11.3 Å². The number of hydrogen-bond acceptors (Lipinski definition) is 5. The third-order valence-corrected chi connectivity index (χ3v) is 9.39. The van der Waals surface area contributed by atoms with E-state index in [4.69, 9.17) is 9.47 Å². The van der Waals surface area contributed by atoms with Crippen LogP contribution >= 0.6 is 11.3 Å². The normalized spacial score (nSPS) is 12.1. The maximum absolute atomic E-state index is 11.8. The smallest absolute Gasteiger partial charge is 0.335 e. The lowest BCUT2D eigenvalue weighted by molar-refractivity contribution is -0.128. The molecule has 1 N–H and O–H groups in total. The van der Waals surface area contributed by atoms with E-state index in [9.17, 15) is 9.90 Å². The Morgan fingerprint density at radius 1 is 0.689 bits per heavy atom. The van der Waals surface area contributed by atoms with Crippen LogP contribution in [0, 0.1) is 13.8 Å². The van der Waals surface area contributed by atoms with E-state index < -0.39 is 12.3 Å². The fourth-order valence-corrected chi connectivity index (χ4v) is 7.52. The number of carbonyl (C=O) groups is 1. The zero-order chi connectivity index (χ0) is 31.2. The summed E-state index contributed by atoms with van der Waals surface area (Å²) in [6, 6.07) is 33.5. The zero-order valence-corrected chi connectivity index (χ0v) is 25.8. The molecule has 0 radical (unpaired) electrons. The first-order valence-corrected chi connectivity index (χ1v) is 15.5. The van der Waals surface area contributed by atoms with Crippen LogP contribution in [0.5, 0.6) is 11.5 Å². The Balaban J connectivity index is 1.46. The van der Waals surface area contributed by atoms with Crippen LogP contribution in [-0.2, 0) is 4.79 Å². The fourth-order valence-electron chi connectivity index (χ4n) is 6.30. The molecule has 0 spiro atoms. The predicted octanol–water partition coefficient (Wildman–Crippen LogP) is 10.3. The van der Waals surface area contributed by atoms with Crippen molar-refractivity contribution in [3.63, 3.8) is 0 Å². The molecule has 220 valence electrons. The van der Waals surface area contributed by atoms with Crippen molar-refractivity contribution < 1.29 is 19.4 Å². The number of esters is 1. The summed E-state index contributed by atoms with van der Waals surface area (Å²) >= 11 is 1.80. The number of thiophene rings is 1. The van der Waals surface area contributed by atoms with E-state index in [1.54, 1.807) is 11.3 Å². The Kier molecular flexibility index (Phi) is 7.20. The van der Waals surface area contributed by atoms with Gasteiger partial charge in [-0.1, -0.05) is 73.8 Å². The first-order valence-electron chi connectivity index (χ1n) is 14.7. The number of ether oxygens (including phenoxy) is 2. The van der Waals surface area contributed by atoms with E-state index in [-0.39, 0.29) is 0 Å². The number of fused-ring (bicyclic) bond motifs is 7. The molecule has 7 aromatic rings. The van der Waals surface area contributed by atoms with Crippen molar-refractivity contribution in [2.45, 2.75) is 20.1 Å². The van der Waals surface area contributed by atoms with E-state index in [0.29, 0.717) is 11.5 Å². The molecule has 0 bridgehead atoms. The monoisotopic (exact) mass is 606 g/mol. The van der Waals surface area contributed by atoms with Crippen LogP contribution < -0.4 is 9.47 Å². The summed E-state index contributed by atoms with van der Waals surface area (Å²) < 4.78 is 13.4. The minimum atomic E-state index is -1.05. The maximum Gasteiger partial charge on any atom is 0.335 e. The molecular formula is C40H30O4S. The summed E-state index contributed by atoms with van der Waals surface area (Å²) in [6.07, 6.45) is 1.47. The van der Waals surface area contributed by atoms with E-state index >= 15 is 0 Å². The van der Waals surface area contributed by atoms with Crippen molar-refractivity contribution in [2.75, 3.05) is 0 Å². The second-order valence-electron chi connectivity index (χ2n) is 11.1. The summed E-state index contributed by atoms with van der Waals surface area (Å²) in [5, 5.41) is 17.2. The van der Waals surface area contributed by atoms with Crippen molar-refractivity contribution >= 4 is 59.0 Å². The molecule has 0 saturated heterocycles. The van der Waals surface area contributed by atoms with Gasteiger partial charge in [0, 0.05) is 26.2 Å². The highest BCUT2D eigenvalue weighted by Gasteiger charge is 2.19. The lowest BCUT2D eigenvalue weighted by Gasteiger charge is -2.15. The molecule has 7 rings (SSSR count). The van der Waals surface area contributed by atoms with Crippen LogP contribution in [-0.4, -0.2) is 17.4 Å². The SMILES string of the molecule is C=CC(=O)Oc1ccc(-c2cc3sc4cc(-c5ccc(OC(O)C=C)cc5C)c5ccccc5c4c3c3ccccc23)c(C)c1.